The molecule has 0 aliphatic carbocycles. The summed E-state index contributed by atoms with van der Waals surface area (Å²) in [4.78, 5) is 0. The average Bonchev–Trinajstić information content (AvgIpc) is 2.28. The molecule has 0 aromatic heterocycles. The van der Waals surface area contributed by atoms with E-state index in [4.69, 9.17) is 10.2 Å². The monoisotopic (exact) mass is 194 g/mol. The maximum absolute atomic E-state index is 11.0. The minimum atomic E-state index is -2.90. The third kappa shape index (κ3) is 2.18. The second-order valence-corrected chi connectivity index (χ2v) is 5.66. The van der Waals surface area contributed by atoms with Gasteiger partial charge in [0, 0.05) is 5.92 Å². The van der Waals surface area contributed by atoms with Gasteiger partial charge in [-0.2, -0.15) is 0 Å². The zero-order valence-corrected chi connectivity index (χ0v) is 7.79. The minimum absolute atomic E-state index is 0.0880. The average molecular weight is 194 g/mol. The molecule has 0 amide bonds. The molecule has 72 valence electrons. The molecule has 1 fully saturated rings. The first-order chi connectivity index (χ1) is 5.42. The first-order valence-corrected chi connectivity index (χ1v) is 5.81. The highest BCUT2D eigenvalue weighted by atomic mass is 32.2. The van der Waals surface area contributed by atoms with Crippen molar-refractivity contribution >= 4 is 9.84 Å². The lowest BCUT2D eigenvalue weighted by molar-refractivity contribution is -0.0914. The van der Waals surface area contributed by atoms with Gasteiger partial charge in [0.2, 0.25) is 0 Å². The fourth-order valence-electron chi connectivity index (χ4n) is 1.48. The maximum atomic E-state index is 11.0. The van der Waals surface area contributed by atoms with Gasteiger partial charge < -0.3 is 10.2 Å². The Labute approximate surface area is 72.1 Å². The van der Waals surface area contributed by atoms with Crippen LogP contribution in [0.1, 0.15) is 13.3 Å². The Bertz CT molecular complexity index is 244. The van der Waals surface area contributed by atoms with E-state index in [0.717, 1.165) is 0 Å². The van der Waals surface area contributed by atoms with Crippen LogP contribution in [0.5, 0.6) is 0 Å². The quantitative estimate of drug-likeness (QED) is 0.574. The Hall–Kier alpha value is -0.130. The van der Waals surface area contributed by atoms with Gasteiger partial charge in [-0.15, -0.1) is 0 Å². The molecule has 4 nitrogen and oxygen atoms in total. The summed E-state index contributed by atoms with van der Waals surface area (Å²) in [7, 11) is -2.90. The highest BCUT2D eigenvalue weighted by Gasteiger charge is 2.33. The highest BCUT2D eigenvalue weighted by Crippen LogP contribution is 2.27. The summed E-state index contributed by atoms with van der Waals surface area (Å²) < 4.78 is 22.0. The van der Waals surface area contributed by atoms with Crippen LogP contribution in [0.15, 0.2) is 0 Å². The Morgan fingerprint density at radius 3 is 2.33 bits per heavy atom. The Kier molecular flexibility index (Phi) is 2.75. The smallest absolute Gasteiger partial charge is 0.154 e. The van der Waals surface area contributed by atoms with Crippen LogP contribution < -0.4 is 0 Å². The summed E-state index contributed by atoms with van der Waals surface area (Å²) in [5.41, 5.74) is 0. The van der Waals surface area contributed by atoms with Crippen LogP contribution in [0.3, 0.4) is 0 Å². The maximum Gasteiger partial charge on any atom is 0.154 e. The van der Waals surface area contributed by atoms with E-state index in [1.54, 1.807) is 6.92 Å². The lowest BCUT2D eigenvalue weighted by Gasteiger charge is -2.18. The Balaban J connectivity index is 2.58. The predicted octanol–water partition coefficient (Wildman–Crippen LogP) is -0.632. The lowest BCUT2D eigenvalue weighted by Crippen LogP contribution is -2.25. The number of rotatable bonds is 2. The predicted molar refractivity (Wildman–Crippen MR) is 44.2 cm³/mol. The number of aliphatic hydroxyl groups excluding tert-OH is 1. The van der Waals surface area contributed by atoms with Gasteiger partial charge in [-0.3, -0.25) is 0 Å². The second-order valence-electron chi connectivity index (χ2n) is 3.44. The number of hydrogen-bond donors (Lipinski definition) is 2. The van der Waals surface area contributed by atoms with Gasteiger partial charge in [-0.1, -0.05) is 6.92 Å². The molecule has 2 unspecified atom stereocenters. The van der Waals surface area contributed by atoms with Crippen LogP contribution >= 0.6 is 0 Å². The van der Waals surface area contributed by atoms with Crippen molar-refractivity contribution in [2.45, 2.75) is 19.6 Å². The number of sulfone groups is 1. The van der Waals surface area contributed by atoms with E-state index in [9.17, 15) is 8.42 Å². The fourth-order valence-corrected chi connectivity index (χ4v) is 3.43. The van der Waals surface area contributed by atoms with E-state index < -0.39 is 16.1 Å². The first kappa shape index (κ1) is 9.95. The molecule has 0 spiro atoms. The molecule has 0 aromatic carbocycles. The van der Waals surface area contributed by atoms with E-state index in [1.807, 2.05) is 0 Å². The largest absolute Gasteiger partial charge is 0.368 e. The summed E-state index contributed by atoms with van der Waals surface area (Å²) in [5, 5.41) is 17.6. The molecular weight excluding hydrogens is 180 g/mol. The molecule has 0 radical (unpaired) electrons. The SMILES string of the molecule is CC(C(O)O)C1CCS(=O)(=O)C1. The molecule has 1 heterocycles. The van der Waals surface area contributed by atoms with Gasteiger partial charge in [0.05, 0.1) is 11.5 Å². The first-order valence-electron chi connectivity index (χ1n) is 3.99. The van der Waals surface area contributed by atoms with E-state index in [-0.39, 0.29) is 23.3 Å². The number of aliphatic hydroxyl groups is 2. The van der Waals surface area contributed by atoms with Crippen molar-refractivity contribution in [3.8, 4) is 0 Å². The van der Waals surface area contributed by atoms with Crippen LogP contribution in [0.25, 0.3) is 0 Å². The van der Waals surface area contributed by atoms with Crippen molar-refractivity contribution in [3.05, 3.63) is 0 Å². The molecule has 1 rings (SSSR count). The lowest BCUT2D eigenvalue weighted by atomic mass is 9.93. The van der Waals surface area contributed by atoms with E-state index >= 15 is 0 Å². The normalized spacial score (nSPS) is 30.8. The second kappa shape index (κ2) is 3.32. The Morgan fingerprint density at radius 2 is 2.00 bits per heavy atom. The molecule has 1 aliphatic rings. The van der Waals surface area contributed by atoms with Crippen molar-refractivity contribution in [1.82, 2.24) is 0 Å². The zero-order valence-electron chi connectivity index (χ0n) is 6.97. The van der Waals surface area contributed by atoms with Gasteiger partial charge in [-0.05, 0) is 12.3 Å². The highest BCUT2D eigenvalue weighted by molar-refractivity contribution is 7.91. The molecule has 5 heteroatoms. The third-order valence-corrected chi connectivity index (χ3v) is 4.28. The Morgan fingerprint density at radius 1 is 1.42 bits per heavy atom. The summed E-state index contributed by atoms with van der Waals surface area (Å²) in [6.07, 6.45) is -0.843. The molecule has 1 saturated heterocycles. The summed E-state index contributed by atoms with van der Waals surface area (Å²) in [6.45, 7) is 1.66. The zero-order chi connectivity index (χ0) is 9.35. The van der Waals surface area contributed by atoms with E-state index in [1.165, 1.54) is 0 Å². The van der Waals surface area contributed by atoms with Crippen molar-refractivity contribution in [2.75, 3.05) is 11.5 Å². The van der Waals surface area contributed by atoms with Crippen molar-refractivity contribution in [1.29, 1.82) is 0 Å². The van der Waals surface area contributed by atoms with Crippen LogP contribution in [-0.4, -0.2) is 36.4 Å². The standard InChI is InChI=1S/C7H14O4S/c1-5(7(8)9)6-2-3-12(10,11)4-6/h5-9H,2-4H2,1H3. The molecule has 1 aliphatic heterocycles. The molecule has 0 bridgehead atoms. The summed E-state index contributed by atoms with van der Waals surface area (Å²) >= 11 is 0. The van der Waals surface area contributed by atoms with Crippen LogP contribution in [0.2, 0.25) is 0 Å². The molecule has 0 saturated carbocycles. The molecule has 0 aromatic rings. The van der Waals surface area contributed by atoms with Crippen molar-refractivity contribution in [2.24, 2.45) is 11.8 Å². The van der Waals surface area contributed by atoms with Crippen LogP contribution in [-0.2, 0) is 9.84 Å². The summed E-state index contributed by atoms with van der Waals surface area (Å²) in [6, 6.07) is 0. The van der Waals surface area contributed by atoms with Gasteiger partial charge >= 0.3 is 0 Å². The van der Waals surface area contributed by atoms with Gasteiger partial charge in [0.1, 0.15) is 0 Å². The number of hydrogen-bond acceptors (Lipinski definition) is 4. The third-order valence-electron chi connectivity index (χ3n) is 2.48. The minimum Gasteiger partial charge on any atom is -0.368 e. The molecule has 2 atom stereocenters. The molecule has 2 N–H and O–H groups in total. The van der Waals surface area contributed by atoms with Crippen LogP contribution in [0, 0.1) is 11.8 Å². The summed E-state index contributed by atoms with van der Waals surface area (Å²) in [5.74, 6) is -0.141. The van der Waals surface area contributed by atoms with Gasteiger partial charge in [0.15, 0.2) is 16.1 Å². The fraction of sp³-hybridized carbons (Fsp3) is 1.00. The van der Waals surface area contributed by atoms with Gasteiger partial charge in [0.25, 0.3) is 0 Å². The molecular formula is C7H14O4S. The van der Waals surface area contributed by atoms with Crippen molar-refractivity contribution < 1.29 is 18.6 Å². The topological polar surface area (TPSA) is 74.6 Å². The van der Waals surface area contributed by atoms with E-state index in [0.29, 0.717) is 6.42 Å². The van der Waals surface area contributed by atoms with E-state index in [2.05, 4.69) is 0 Å². The molecule has 12 heavy (non-hydrogen) atoms. The van der Waals surface area contributed by atoms with Gasteiger partial charge in [-0.25, -0.2) is 8.42 Å². The van der Waals surface area contributed by atoms with Crippen molar-refractivity contribution in [3.63, 3.8) is 0 Å². The van der Waals surface area contributed by atoms with Crippen LogP contribution in [0.4, 0.5) is 0 Å².